The van der Waals surface area contributed by atoms with E-state index in [9.17, 15) is 48.6 Å². The van der Waals surface area contributed by atoms with E-state index < -0.39 is 89.9 Å². The Morgan fingerprint density at radius 3 is 1.80 bits per heavy atom. The van der Waals surface area contributed by atoms with E-state index in [0.717, 1.165) is 5.56 Å². The average molecular weight is 1080 g/mol. The van der Waals surface area contributed by atoms with Gasteiger partial charge in [-0.1, -0.05) is 106 Å². The molecule has 9 N–H and O–H groups in total. The Hall–Kier alpha value is -6.73. The van der Waals surface area contributed by atoms with Gasteiger partial charge in [-0.25, -0.2) is 9.59 Å². The molecule has 3 rings (SSSR count). The highest BCUT2D eigenvalue weighted by molar-refractivity contribution is 14.1. The van der Waals surface area contributed by atoms with Crippen LogP contribution >= 0.6 is 22.6 Å². The zero-order valence-electron chi connectivity index (χ0n) is 40.3. The number of hydrogen-bond acceptors (Lipinski definition) is 12. The topological polar surface area (TPSA) is 280 Å². The SMILES string of the molecule is COC(=O)[C@@H](NC(=O)[C@H](C)NC(=O)[C@H](Cc1ccccc1)NC(=O)CC#CCNC(=O)[C@H](CC(C)C)NC(=O)[C@@H](NC(=O)[C@H](Cc1ccc(O)c(I)c1)NC(=O)OCc1ccccc1)[C@@H](C)O)C(C)C. The summed E-state index contributed by atoms with van der Waals surface area (Å²) in [6.45, 7) is 9.50. The predicted octanol–water partition coefficient (Wildman–Crippen LogP) is 2.29. The van der Waals surface area contributed by atoms with Crippen molar-refractivity contribution < 1.29 is 58.0 Å². The van der Waals surface area contributed by atoms with Gasteiger partial charge < -0.3 is 56.9 Å². The van der Waals surface area contributed by atoms with Gasteiger partial charge in [0.25, 0.3) is 0 Å². The number of amides is 7. The molecular weight excluding hydrogens is 1020 g/mol. The minimum absolute atomic E-state index is 0.0181. The van der Waals surface area contributed by atoms with E-state index in [4.69, 9.17) is 9.47 Å². The number of benzene rings is 3. The number of rotatable bonds is 24. The molecule has 0 aromatic heterocycles. The van der Waals surface area contributed by atoms with Crippen molar-refractivity contribution in [3.63, 3.8) is 0 Å². The van der Waals surface area contributed by atoms with Crippen molar-refractivity contribution in [2.24, 2.45) is 11.8 Å². The summed E-state index contributed by atoms with van der Waals surface area (Å²) in [5, 5.41) is 38.8. The summed E-state index contributed by atoms with van der Waals surface area (Å²) in [7, 11) is 1.20. The Balaban J connectivity index is 1.65. The molecule has 0 fully saturated rings. The van der Waals surface area contributed by atoms with Crippen LogP contribution in [-0.2, 0) is 62.5 Å². The van der Waals surface area contributed by atoms with E-state index in [0.29, 0.717) is 14.7 Å². The first-order chi connectivity index (χ1) is 33.2. The lowest BCUT2D eigenvalue weighted by Crippen LogP contribution is -2.60. The largest absolute Gasteiger partial charge is 0.507 e. The number of aliphatic hydroxyl groups is 1. The maximum Gasteiger partial charge on any atom is 0.408 e. The van der Waals surface area contributed by atoms with Gasteiger partial charge in [-0.3, -0.25) is 28.8 Å². The molecule has 7 atom stereocenters. The molecule has 19 nitrogen and oxygen atoms in total. The van der Waals surface area contributed by atoms with Crippen LogP contribution in [0.15, 0.2) is 78.9 Å². The molecule has 0 unspecified atom stereocenters. The zero-order valence-corrected chi connectivity index (χ0v) is 42.5. The van der Waals surface area contributed by atoms with E-state index in [1.807, 2.05) is 36.4 Å². The molecule has 0 spiro atoms. The van der Waals surface area contributed by atoms with Crippen molar-refractivity contribution in [1.82, 2.24) is 37.2 Å². The second-order valence-corrected chi connectivity index (χ2v) is 18.4. The number of phenolic OH excluding ortho intramolecular Hbond substituents is 1. The van der Waals surface area contributed by atoms with Gasteiger partial charge >= 0.3 is 12.1 Å². The minimum atomic E-state index is -1.57. The summed E-state index contributed by atoms with van der Waals surface area (Å²) in [6, 6.07) is 15.2. The van der Waals surface area contributed by atoms with E-state index in [-0.39, 0.29) is 56.4 Å². The van der Waals surface area contributed by atoms with Crippen LogP contribution in [0.2, 0.25) is 0 Å². The predicted molar refractivity (Wildman–Crippen MR) is 267 cm³/mol. The normalized spacial score (nSPS) is 13.8. The number of aliphatic hydroxyl groups excluding tert-OH is 1. The highest BCUT2D eigenvalue weighted by Gasteiger charge is 2.34. The van der Waals surface area contributed by atoms with Crippen molar-refractivity contribution in [3.05, 3.63) is 99.1 Å². The van der Waals surface area contributed by atoms with Crippen LogP contribution in [0.4, 0.5) is 4.79 Å². The van der Waals surface area contributed by atoms with Gasteiger partial charge in [0.2, 0.25) is 35.4 Å². The number of carbonyl (C=O) groups excluding carboxylic acids is 8. The van der Waals surface area contributed by atoms with Gasteiger partial charge in [-0.05, 0) is 83.5 Å². The fourth-order valence-electron chi connectivity index (χ4n) is 6.70. The maximum atomic E-state index is 13.8. The number of hydrogen-bond donors (Lipinski definition) is 9. The smallest absolute Gasteiger partial charge is 0.408 e. The van der Waals surface area contributed by atoms with Crippen molar-refractivity contribution in [1.29, 1.82) is 0 Å². The number of phenols is 1. The number of nitrogens with one attached hydrogen (secondary N) is 7. The molecule has 20 heteroatoms. The molecule has 70 heavy (non-hydrogen) atoms. The standard InChI is InChI=1S/C50H64IN7O12/c1-29(2)24-37(55-48(66)43(32(6)59)58-47(65)39(27-35-21-22-40(60)36(51)25-35)56-50(68)70-28-34-18-12-9-13-19-34)45(63)52-23-15-14-20-41(61)54-38(26-33-16-10-8-11-17-33)46(64)53-31(5)44(62)57-42(30(3)4)49(67)69-7/h8-13,16-19,21-22,25,29-32,37-39,42-43,59-60H,20,23-24,26-28H2,1-7H3,(H,52,63)(H,53,64)(H,54,61)(H,55,66)(H,56,68)(H,57,62)(H,58,65)/t31-,32+,37-,38-,39-,42-,43-/m0/s1. The van der Waals surface area contributed by atoms with E-state index in [1.165, 1.54) is 27.0 Å². The molecule has 0 aliphatic heterocycles. The lowest BCUT2D eigenvalue weighted by atomic mass is 10.0. The van der Waals surface area contributed by atoms with Crippen LogP contribution in [0.5, 0.6) is 5.75 Å². The van der Waals surface area contributed by atoms with Crippen molar-refractivity contribution in [3.8, 4) is 17.6 Å². The molecule has 3 aromatic rings. The lowest BCUT2D eigenvalue weighted by Gasteiger charge is -2.27. The molecule has 0 radical (unpaired) electrons. The molecule has 7 amide bonds. The number of carbonyl (C=O) groups is 8. The van der Waals surface area contributed by atoms with Crippen molar-refractivity contribution >= 4 is 70.1 Å². The third kappa shape index (κ3) is 20.1. The number of aromatic hydroxyl groups is 1. The minimum Gasteiger partial charge on any atom is -0.507 e. The first-order valence-corrected chi connectivity index (χ1v) is 23.7. The second-order valence-electron chi connectivity index (χ2n) is 17.2. The number of ether oxygens (including phenoxy) is 2. The summed E-state index contributed by atoms with van der Waals surface area (Å²) in [4.78, 5) is 106. The Morgan fingerprint density at radius 1 is 0.629 bits per heavy atom. The van der Waals surface area contributed by atoms with Crippen LogP contribution in [0, 0.1) is 27.2 Å². The van der Waals surface area contributed by atoms with E-state index in [2.05, 4.69) is 49.1 Å². The Bertz CT molecular complexity index is 2320. The average Bonchev–Trinajstić information content (AvgIpc) is 3.31. The summed E-state index contributed by atoms with van der Waals surface area (Å²) in [5.74, 6) is 0.0570. The summed E-state index contributed by atoms with van der Waals surface area (Å²) < 4.78 is 10.6. The number of alkyl carbamates (subject to hydrolysis) is 1. The third-order valence-corrected chi connectivity index (χ3v) is 11.4. The van der Waals surface area contributed by atoms with Crippen molar-refractivity contribution in [2.45, 2.75) is 116 Å². The van der Waals surface area contributed by atoms with Crippen molar-refractivity contribution in [2.75, 3.05) is 13.7 Å². The summed E-state index contributed by atoms with van der Waals surface area (Å²) >= 11 is 1.92. The van der Waals surface area contributed by atoms with Crippen LogP contribution in [-0.4, -0.2) is 114 Å². The molecule has 0 bridgehead atoms. The van der Waals surface area contributed by atoms with Gasteiger partial charge in [-0.15, -0.1) is 0 Å². The molecule has 0 saturated heterocycles. The first kappa shape index (κ1) is 57.6. The zero-order chi connectivity index (χ0) is 51.9. The molecule has 0 heterocycles. The number of halogens is 1. The quantitative estimate of drug-likeness (QED) is 0.0355. The molecule has 0 aliphatic carbocycles. The number of methoxy groups -OCH3 is 1. The monoisotopic (exact) mass is 1080 g/mol. The highest BCUT2D eigenvalue weighted by atomic mass is 127. The van der Waals surface area contributed by atoms with Gasteiger partial charge in [0.15, 0.2) is 0 Å². The molecule has 0 saturated carbocycles. The highest BCUT2D eigenvalue weighted by Crippen LogP contribution is 2.21. The Kier molecular flexibility index (Phi) is 24.1. The maximum absolute atomic E-state index is 13.8. The molecular formula is C50H64IN7O12. The van der Waals surface area contributed by atoms with Gasteiger partial charge in [0.05, 0.1) is 29.7 Å². The Labute approximate surface area is 421 Å². The number of esters is 1. The lowest BCUT2D eigenvalue weighted by molar-refractivity contribution is -0.146. The molecule has 3 aromatic carbocycles. The van der Waals surface area contributed by atoms with Gasteiger partial charge in [0.1, 0.15) is 48.6 Å². The summed E-state index contributed by atoms with van der Waals surface area (Å²) in [6.07, 6.45) is -2.60. The van der Waals surface area contributed by atoms with E-state index >= 15 is 0 Å². The summed E-state index contributed by atoms with van der Waals surface area (Å²) in [5.41, 5.74) is 1.99. The van der Waals surface area contributed by atoms with Crippen LogP contribution in [0.1, 0.15) is 71.1 Å². The molecule has 0 aliphatic rings. The van der Waals surface area contributed by atoms with Gasteiger partial charge in [-0.2, -0.15) is 0 Å². The van der Waals surface area contributed by atoms with E-state index in [1.54, 1.807) is 86.6 Å². The molecule has 378 valence electrons. The second kappa shape index (κ2) is 29.3. The third-order valence-electron chi connectivity index (χ3n) is 10.5. The fourth-order valence-corrected chi connectivity index (χ4v) is 7.28. The Morgan fingerprint density at radius 2 is 1.21 bits per heavy atom. The fraction of sp³-hybridized carbons (Fsp3) is 0.440. The van der Waals surface area contributed by atoms with Gasteiger partial charge in [0, 0.05) is 12.8 Å². The first-order valence-electron chi connectivity index (χ1n) is 22.7. The van der Waals surface area contributed by atoms with Crippen LogP contribution in [0.3, 0.4) is 0 Å². The van der Waals surface area contributed by atoms with Crippen LogP contribution in [0.25, 0.3) is 0 Å². The van der Waals surface area contributed by atoms with Crippen LogP contribution < -0.4 is 37.2 Å².